The summed E-state index contributed by atoms with van der Waals surface area (Å²) in [5.74, 6) is 0.421. The second kappa shape index (κ2) is 7.07. The lowest BCUT2D eigenvalue weighted by Crippen LogP contribution is -2.16. The maximum absolute atomic E-state index is 12.9. The molecule has 1 atom stereocenters. The van der Waals surface area contributed by atoms with E-state index in [-0.39, 0.29) is 0 Å². The minimum Gasteiger partial charge on any atom is -0.609 e. The molecule has 0 aliphatic heterocycles. The number of nitrogens with zero attached hydrogens (tertiary/aromatic N) is 4. The van der Waals surface area contributed by atoms with Gasteiger partial charge in [0.05, 0.1) is 18.1 Å². The molecule has 124 valence electrons. The van der Waals surface area contributed by atoms with E-state index in [1.807, 2.05) is 67.0 Å². The first-order chi connectivity index (χ1) is 11.6. The maximum Gasteiger partial charge on any atom is 0.328 e. The summed E-state index contributed by atoms with van der Waals surface area (Å²) in [4.78, 5) is 10.5. The second-order valence-electron chi connectivity index (χ2n) is 5.75. The quantitative estimate of drug-likeness (QED) is 0.670. The van der Waals surface area contributed by atoms with E-state index in [0.29, 0.717) is 10.9 Å². The predicted octanol–water partition coefficient (Wildman–Crippen LogP) is 2.95. The molecule has 0 N–H and O–H groups in total. The van der Waals surface area contributed by atoms with Crippen molar-refractivity contribution in [3.63, 3.8) is 0 Å². The molecule has 24 heavy (non-hydrogen) atoms. The van der Waals surface area contributed by atoms with Gasteiger partial charge in [0.2, 0.25) is 0 Å². The zero-order valence-electron chi connectivity index (χ0n) is 14.0. The summed E-state index contributed by atoms with van der Waals surface area (Å²) in [6.45, 7) is 2.01. The smallest absolute Gasteiger partial charge is 0.328 e. The number of para-hydroxylation sites is 1. The van der Waals surface area contributed by atoms with Crippen molar-refractivity contribution in [2.24, 2.45) is 0 Å². The van der Waals surface area contributed by atoms with Crippen LogP contribution < -0.4 is 4.90 Å². The molecule has 0 bridgehead atoms. The van der Waals surface area contributed by atoms with Crippen LogP contribution in [0.15, 0.2) is 60.3 Å². The molecule has 2 heterocycles. The van der Waals surface area contributed by atoms with Gasteiger partial charge in [-0.05, 0) is 24.6 Å². The number of benzene rings is 1. The van der Waals surface area contributed by atoms with Gasteiger partial charge >= 0.3 is 5.16 Å². The van der Waals surface area contributed by atoms with Crippen LogP contribution in [-0.2, 0) is 16.9 Å². The summed E-state index contributed by atoms with van der Waals surface area (Å²) in [6.07, 6.45) is 7.03. The Morgan fingerprint density at radius 2 is 1.96 bits per heavy atom. The van der Waals surface area contributed by atoms with Crippen LogP contribution in [0.25, 0.3) is 5.69 Å². The van der Waals surface area contributed by atoms with Gasteiger partial charge in [-0.25, -0.2) is 0 Å². The standard InChI is InChI=1S/C18H20N4OS/c1-14-8-9-19-12-17(14)22-11-10-20-18(22)24(23)13-15-6-4-5-7-16(15)21(2)3/h4-12H,13H2,1-3H3. The van der Waals surface area contributed by atoms with Crippen molar-refractivity contribution in [1.29, 1.82) is 0 Å². The van der Waals surface area contributed by atoms with Gasteiger partial charge in [0.1, 0.15) is 5.75 Å². The molecule has 0 aliphatic rings. The maximum atomic E-state index is 12.9. The summed E-state index contributed by atoms with van der Waals surface area (Å²) in [6, 6.07) is 9.93. The lowest BCUT2D eigenvalue weighted by molar-refractivity contribution is 0.582. The van der Waals surface area contributed by atoms with E-state index in [0.717, 1.165) is 22.5 Å². The first kappa shape index (κ1) is 16.5. The van der Waals surface area contributed by atoms with E-state index < -0.39 is 11.2 Å². The summed E-state index contributed by atoms with van der Waals surface area (Å²) < 4.78 is 14.8. The van der Waals surface area contributed by atoms with Crippen LogP contribution in [0, 0.1) is 6.92 Å². The van der Waals surface area contributed by atoms with E-state index in [1.165, 1.54) is 0 Å². The highest BCUT2D eigenvalue weighted by Crippen LogP contribution is 2.25. The Balaban J connectivity index is 1.92. The molecule has 0 radical (unpaired) electrons. The minimum absolute atomic E-state index is 0.421. The van der Waals surface area contributed by atoms with Gasteiger partial charge in [0.25, 0.3) is 0 Å². The largest absolute Gasteiger partial charge is 0.609 e. The van der Waals surface area contributed by atoms with Crippen molar-refractivity contribution >= 4 is 16.9 Å². The lowest BCUT2D eigenvalue weighted by atomic mass is 10.2. The molecule has 0 aliphatic carbocycles. The molecule has 2 aromatic heterocycles. The topological polar surface area (TPSA) is 57.0 Å². The van der Waals surface area contributed by atoms with E-state index in [9.17, 15) is 4.55 Å². The highest BCUT2D eigenvalue weighted by molar-refractivity contribution is 7.90. The molecule has 3 rings (SSSR count). The van der Waals surface area contributed by atoms with E-state index in [1.54, 1.807) is 18.6 Å². The Bertz CT molecular complexity index is 831. The van der Waals surface area contributed by atoms with Gasteiger partial charge in [0, 0.05) is 48.9 Å². The van der Waals surface area contributed by atoms with Gasteiger partial charge in [-0.2, -0.15) is 4.98 Å². The molecular weight excluding hydrogens is 320 g/mol. The van der Waals surface area contributed by atoms with Crippen LogP contribution in [0.1, 0.15) is 11.1 Å². The fourth-order valence-electron chi connectivity index (χ4n) is 2.62. The Labute approximate surface area is 145 Å². The third-order valence-corrected chi connectivity index (χ3v) is 5.12. The highest BCUT2D eigenvalue weighted by Gasteiger charge is 2.22. The molecule has 0 spiro atoms. The van der Waals surface area contributed by atoms with Gasteiger partial charge < -0.3 is 9.45 Å². The van der Waals surface area contributed by atoms with Crippen molar-refractivity contribution in [3.05, 3.63) is 66.2 Å². The Morgan fingerprint density at radius 1 is 1.17 bits per heavy atom. The van der Waals surface area contributed by atoms with E-state index >= 15 is 0 Å². The summed E-state index contributed by atoms with van der Waals surface area (Å²) in [7, 11) is 3.98. The number of hydrogen-bond donors (Lipinski definition) is 0. The number of hydrogen-bond acceptors (Lipinski definition) is 4. The predicted molar refractivity (Wildman–Crippen MR) is 97.0 cm³/mol. The third-order valence-electron chi connectivity index (χ3n) is 3.84. The Hall–Kier alpha value is -2.31. The van der Waals surface area contributed by atoms with Crippen LogP contribution >= 0.6 is 0 Å². The number of aromatic nitrogens is 3. The SMILES string of the molecule is Cc1ccncc1-n1ccnc1[S+]([O-])Cc1ccccc1N(C)C. The van der Waals surface area contributed by atoms with Crippen molar-refractivity contribution < 1.29 is 4.55 Å². The molecule has 1 aromatic carbocycles. The average molecular weight is 340 g/mol. The number of aryl methyl sites for hydroxylation is 1. The number of pyridine rings is 1. The zero-order valence-corrected chi connectivity index (χ0v) is 14.8. The number of rotatable bonds is 5. The Kier molecular flexibility index (Phi) is 4.87. The van der Waals surface area contributed by atoms with Crippen LogP contribution in [0.3, 0.4) is 0 Å². The van der Waals surface area contributed by atoms with Gasteiger partial charge in [-0.15, -0.1) is 0 Å². The monoisotopic (exact) mass is 340 g/mol. The summed E-state index contributed by atoms with van der Waals surface area (Å²) in [5, 5.41) is 0.541. The summed E-state index contributed by atoms with van der Waals surface area (Å²) >= 11 is -1.25. The van der Waals surface area contributed by atoms with Crippen LogP contribution in [0.4, 0.5) is 5.69 Å². The molecule has 5 nitrogen and oxygen atoms in total. The molecule has 1 unspecified atom stereocenters. The molecule has 0 saturated heterocycles. The number of imidazole rings is 1. The molecule has 0 fully saturated rings. The molecule has 0 saturated carbocycles. The lowest BCUT2D eigenvalue weighted by Gasteiger charge is -2.18. The normalized spacial score (nSPS) is 12.2. The van der Waals surface area contributed by atoms with Crippen LogP contribution in [0.2, 0.25) is 0 Å². The van der Waals surface area contributed by atoms with Gasteiger partial charge in [0.15, 0.2) is 0 Å². The van der Waals surface area contributed by atoms with Crippen molar-refractivity contribution in [1.82, 2.24) is 14.5 Å². The first-order valence-corrected chi connectivity index (χ1v) is 8.97. The van der Waals surface area contributed by atoms with Gasteiger partial charge in [-0.3, -0.25) is 9.55 Å². The number of anilines is 1. The summed E-state index contributed by atoms with van der Waals surface area (Å²) in [5.41, 5.74) is 4.08. The fourth-order valence-corrected chi connectivity index (χ4v) is 3.84. The highest BCUT2D eigenvalue weighted by atomic mass is 32.2. The second-order valence-corrected chi connectivity index (χ2v) is 7.10. The molecular formula is C18H20N4OS. The van der Waals surface area contributed by atoms with Crippen molar-refractivity contribution in [2.75, 3.05) is 19.0 Å². The zero-order chi connectivity index (χ0) is 17.1. The first-order valence-electron chi connectivity index (χ1n) is 7.66. The van der Waals surface area contributed by atoms with Crippen molar-refractivity contribution in [3.8, 4) is 5.69 Å². The van der Waals surface area contributed by atoms with Gasteiger partial charge in [-0.1, -0.05) is 18.2 Å². The molecule has 6 heteroatoms. The average Bonchev–Trinajstić information content (AvgIpc) is 3.05. The van der Waals surface area contributed by atoms with Crippen molar-refractivity contribution in [2.45, 2.75) is 17.8 Å². The van der Waals surface area contributed by atoms with E-state index in [2.05, 4.69) is 9.97 Å². The molecule has 0 amide bonds. The molecule has 3 aromatic rings. The van der Waals surface area contributed by atoms with Crippen LogP contribution in [0.5, 0.6) is 0 Å². The Morgan fingerprint density at radius 3 is 2.71 bits per heavy atom. The minimum atomic E-state index is -1.25. The van der Waals surface area contributed by atoms with Crippen LogP contribution in [-0.4, -0.2) is 33.2 Å². The third kappa shape index (κ3) is 3.29. The van der Waals surface area contributed by atoms with E-state index in [4.69, 9.17) is 0 Å². The fraction of sp³-hybridized carbons (Fsp3) is 0.222.